The molecule has 0 aromatic heterocycles. The first kappa shape index (κ1) is 37.1. The van der Waals surface area contributed by atoms with E-state index >= 15 is 0 Å². The van der Waals surface area contributed by atoms with E-state index in [0.717, 1.165) is 83.8 Å². The zero-order valence-electron chi connectivity index (χ0n) is 26.5. The quantitative estimate of drug-likeness (QED) is 0.0503. The first-order valence-corrected chi connectivity index (χ1v) is 16.2. The van der Waals surface area contributed by atoms with Crippen LogP contribution in [0, 0.1) is 11.8 Å². The molecule has 0 radical (unpaired) electrons. The zero-order chi connectivity index (χ0) is 30.0. The summed E-state index contributed by atoms with van der Waals surface area (Å²) in [6.07, 6.45) is 18.9. The third-order valence-electron chi connectivity index (χ3n) is 7.03. The zero-order valence-corrected chi connectivity index (χ0v) is 26.5. The molecule has 0 bridgehead atoms. The predicted molar refractivity (Wildman–Crippen MR) is 164 cm³/mol. The molecule has 8 heteroatoms. The van der Waals surface area contributed by atoms with Crippen molar-refractivity contribution in [2.75, 3.05) is 52.7 Å². The Morgan fingerprint density at radius 1 is 0.854 bits per heavy atom. The average molecular weight is 582 g/mol. The van der Waals surface area contributed by atoms with Gasteiger partial charge in [0.1, 0.15) is 6.61 Å². The third kappa shape index (κ3) is 21.5. The smallest absolute Gasteiger partial charge is 0.465 e. The summed E-state index contributed by atoms with van der Waals surface area (Å²) >= 11 is 0. The van der Waals surface area contributed by atoms with Crippen LogP contribution in [0.25, 0.3) is 0 Å². The fraction of sp³-hybridized carbons (Fsp3) is 0.818. The van der Waals surface area contributed by atoms with E-state index in [9.17, 15) is 9.59 Å². The third-order valence-corrected chi connectivity index (χ3v) is 7.03. The number of esters is 1. The van der Waals surface area contributed by atoms with Gasteiger partial charge in [-0.3, -0.25) is 4.79 Å². The van der Waals surface area contributed by atoms with E-state index < -0.39 is 12.4 Å². The lowest BCUT2D eigenvalue weighted by molar-refractivity contribution is -0.160. The number of rotatable bonds is 24. The molecular weight excluding hydrogens is 522 g/mol. The highest BCUT2D eigenvalue weighted by Crippen LogP contribution is 2.17. The van der Waals surface area contributed by atoms with Crippen LogP contribution >= 0.6 is 0 Å². The molecule has 238 valence electrons. The molecule has 0 spiro atoms. The molecule has 0 aliphatic carbocycles. The van der Waals surface area contributed by atoms with E-state index in [-0.39, 0.29) is 31.5 Å². The SMILES string of the molecule is CC/C=C\CCCCOC(CCC(=O)OCC(C)COC(=O)OCC1CCCN(CC)C1)OCCCC/C=C\CC. The normalized spacial score (nSPS) is 17.0. The van der Waals surface area contributed by atoms with Crippen LogP contribution in [-0.4, -0.2) is 76.0 Å². The van der Waals surface area contributed by atoms with Crippen LogP contribution in [0.4, 0.5) is 4.79 Å². The topological polar surface area (TPSA) is 83.5 Å². The number of ether oxygens (including phenoxy) is 5. The van der Waals surface area contributed by atoms with Crippen molar-refractivity contribution in [3.8, 4) is 0 Å². The fourth-order valence-corrected chi connectivity index (χ4v) is 4.55. The molecule has 0 saturated carbocycles. The van der Waals surface area contributed by atoms with Gasteiger partial charge in [0.15, 0.2) is 6.29 Å². The van der Waals surface area contributed by atoms with Crippen molar-refractivity contribution in [1.29, 1.82) is 0 Å². The maximum Gasteiger partial charge on any atom is 0.508 e. The summed E-state index contributed by atoms with van der Waals surface area (Å²) in [7, 11) is 0. The Morgan fingerprint density at radius 2 is 1.49 bits per heavy atom. The highest BCUT2D eigenvalue weighted by atomic mass is 16.7. The largest absolute Gasteiger partial charge is 0.508 e. The number of carbonyl (C=O) groups excluding carboxylic acids is 2. The summed E-state index contributed by atoms with van der Waals surface area (Å²) in [5.41, 5.74) is 0. The summed E-state index contributed by atoms with van der Waals surface area (Å²) in [5.74, 6) is -0.0651. The molecule has 0 aromatic carbocycles. The first-order valence-electron chi connectivity index (χ1n) is 16.2. The van der Waals surface area contributed by atoms with Gasteiger partial charge in [-0.15, -0.1) is 0 Å². The van der Waals surface area contributed by atoms with E-state index in [1.54, 1.807) is 0 Å². The van der Waals surface area contributed by atoms with E-state index in [1.165, 1.54) is 0 Å². The predicted octanol–water partition coefficient (Wildman–Crippen LogP) is 7.46. The molecule has 0 aromatic rings. The number of nitrogens with zero attached hydrogens (tertiary/aromatic N) is 1. The summed E-state index contributed by atoms with van der Waals surface area (Å²) < 4.78 is 27.9. The lowest BCUT2D eigenvalue weighted by Gasteiger charge is -2.31. The van der Waals surface area contributed by atoms with E-state index in [1.807, 2.05) is 6.92 Å². The van der Waals surface area contributed by atoms with Gasteiger partial charge in [-0.05, 0) is 77.3 Å². The van der Waals surface area contributed by atoms with Crippen LogP contribution in [-0.2, 0) is 28.5 Å². The van der Waals surface area contributed by atoms with Gasteiger partial charge in [0, 0.05) is 38.0 Å². The molecule has 1 aliphatic rings. The van der Waals surface area contributed by atoms with E-state index in [4.69, 9.17) is 23.7 Å². The van der Waals surface area contributed by atoms with E-state index in [2.05, 4.69) is 50.0 Å². The fourth-order valence-electron chi connectivity index (χ4n) is 4.55. The molecular formula is C33H59NO7. The number of unbranched alkanes of at least 4 members (excludes halogenated alkanes) is 4. The van der Waals surface area contributed by atoms with Gasteiger partial charge in [-0.25, -0.2) is 4.79 Å². The maximum absolute atomic E-state index is 12.4. The molecule has 0 amide bonds. The molecule has 1 rings (SSSR count). The lowest BCUT2D eigenvalue weighted by atomic mass is 9.99. The average Bonchev–Trinajstić information content (AvgIpc) is 2.99. The second-order valence-corrected chi connectivity index (χ2v) is 11.0. The van der Waals surface area contributed by atoms with Gasteiger partial charge < -0.3 is 28.6 Å². The molecule has 8 nitrogen and oxygen atoms in total. The number of piperidine rings is 1. The minimum atomic E-state index is -0.656. The van der Waals surface area contributed by atoms with Crippen molar-refractivity contribution >= 4 is 12.1 Å². The standard InChI is InChI=1S/C33H59NO7/c1-5-8-10-12-14-16-23-37-32(38-24-17-15-13-11-9-6-2)21-20-31(35)39-26-29(4)27-40-33(36)41-28-30-19-18-22-34(7-3)25-30/h8-11,29-30,32H,5-7,12-28H2,1-4H3/b10-8-,11-9-. The minimum absolute atomic E-state index is 0.122. The molecule has 2 atom stereocenters. The van der Waals surface area contributed by atoms with Crippen molar-refractivity contribution in [3.05, 3.63) is 24.3 Å². The highest BCUT2D eigenvalue weighted by Gasteiger charge is 2.21. The van der Waals surface area contributed by atoms with Gasteiger partial charge in [0.05, 0.1) is 19.6 Å². The van der Waals surface area contributed by atoms with E-state index in [0.29, 0.717) is 32.2 Å². The Balaban J connectivity index is 2.26. The Hall–Kier alpha value is -1.90. The van der Waals surface area contributed by atoms with Gasteiger partial charge in [-0.1, -0.05) is 52.0 Å². The Labute approximate surface area is 250 Å². The van der Waals surface area contributed by atoms with Crippen molar-refractivity contribution in [1.82, 2.24) is 4.90 Å². The molecule has 1 aliphatic heterocycles. The summed E-state index contributed by atoms with van der Waals surface area (Å²) in [5, 5.41) is 0. The molecule has 1 heterocycles. The number of hydrogen-bond acceptors (Lipinski definition) is 8. The molecule has 1 saturated heterocycles. The number of allylic oxidation sites excluding steroid dienone is 4. The Bertz CT molecular complexity index is 688. The highest BCUT2D eigenvalue weighted by molar-refractivity contribution is 5.69. The van der Waals surface area contributed by atoms with Crippen LogP contribution in [0.1, 0.15) is 105 Å². The molecule has 0 N–H and O–H groups in total. The monoisotopic (exact) mass is 581 g/mol. The number of hydrogen-bond donors (Lipinski definition) is 0. The Kier molecular flexibility index (Phi) is 23.3. The van der Waals surface area contributed by atoms with Gasteiger partial charge in [0.25, 0.3) is 0 Å². The second-order valence-electron chi connectivity index (χ2n) is 11.0. The lowest BCUT2D eigenvalue weighted by Crippen LogP contribution is -2.37. The van der Waals surface area contributed by atoms with Crippen molar-refractivity contribution in [2.45, 2.75) is 111 Å². The summed E-state index contributed by atoms with van der Waals surface area (Å²) in [6.45, 7) is 13.3. The Morgan fingerprint density at radius 3 is 2.10 bits per heavy atom. The molecule has 2 unspecified atom stereocenters. The number of carbonyl (C=O) groups is 2. The van der Waals surface area contributed by atoms with Gasteiger partial charge >= 0.3 is 12.1 Å². The van der Waals surface area contributed by atoms with Crippen LogP contribution in [0.2, 0.25) is 0 Å². The number of likely N-dealkylation sites (tertiary alicyclic amines) is 1. The van der Waals surface area contributed by atoms with Crippen LogP contribution in [0.15, 0.2) is 24.3 Å². The summed E-state index contributed by atoms with van der Waals surface area (Å²) in [6, 6.07) is 0. The first-order chi connectivity index (χ1) is 20.0. The van der Waals surface area contributed by atoms with Crippen LogP contribution in [0.3, 0.4) is 0 Å². The second kappa shape index (κ2) is 25.8. The van der Waals surface area contributed by atoms with Crippen molar-refractivity contribution in [3.63, 3.8) is 0 Å². The minimum Gasteiger partial charge on any atom is -0.465 e. The van der Waals surface area contributed by atoms with Crippen LogP contribution < -0.4 is 0 Å². The van der Waals surface area contributed by atoms with Gasteiger partial charge in [0.2, 0.25) is 0 Å². The molecule has 41 heavy (non-hydrogen) atoms. The van der Waals surface area contributed by atoms with Crippen molar-refractivity contribution in [2.24, 2.45) is 11.8 Å². The summed E-state index contributed by atoms with van der Waals surface area (Å²) in [4.78, 5) is 26.8. The van der Waals surface area contributed by atoms with Gasteiger partial charge in [-0.2, -0.15) is 0 Å². The van der Waals surface area contributed by atoms with Crippen molar-refractivity contribution < 1.29 is 33.3 Å². The maximum atomic E-state index is 12.4. The van der Waals surface area contributed by atoms with Crippen LogP contribution in [0.5, 0.6) is 0 Å². The molecule has 1 fully saturated rings.